The Morgan fingerprint density at radius 2 is 1.77 bits per heavy atom. The molecule has 3 amide bonds. The number of para-hydroxylation sites is 1. The molecule has 0 bridgehead atoms. The van der Waals surface area contributed by atoms with Gasteiger partial charge >= 0.3 is 0 Å². The lowest BCUT2D eigenvalue weighted by molar-refractivity contribution is -0.122. The predicted octanol–water partition coefficient (Wildman–Crippen LogP) is 1.81. The highest BCUT2D eigenvalue weighted by Crippen LogP contribution is 2.44. The average molecular weight is 401 g/mol. The topological polar surface area (TPSA) is 87.5 Å². The van der Waals surface area contributed by atoms with Gasteiger partial charge in [0.05, 0.1) is 17.6 Å². The summed E-state index contributed by atoms with van der Waals surface area (Å²) >= 11 is 0. The molecule has 2 aliphatic heterocycles. The molecular formula is C22H19N5O3. The molecular weight excluding hydrogens is 382 g/mol. The minimum absolute atomic E-state index is 0.139. The highest BCUT2D eigenvalue weighted by atomic mass is 16.2. The lowest BCUT2D eigenvalue weighted by Gasteiger charge is -2.40. The van der Waals surface area contributed by atoms with Crippen molar-refractivity contribution in [3.63, 3.8) is 0 Å². The first kappa shape index (κ1) is 18.1. The van der Waals surface area contributed by atoms with Gasteiger partial charge < -0.3 is 14.8 Å². The number of rotatable bonds is 5. The van der Waals surface area contributed by atoms with Crippen LogP contribution in [0.4, 0.5) is 5.69 Å². The molecule has 2 aromatic carbocycles. The van der Waals surface area contributed by atoms with Crippen LogP contribution in [0.2, 0.25) is 0 Å². The third-order valence-electron chi connectivity index (χ3n) is 5.45. The zero-order chi connectivity index (χ0) is 20.7. The number of hydrogen-bond donors (Lipinski definition) is 1. The van der Waals surface area contributed by atoms with Gasteiger partial charge in [-0.05, 0) is 18.2 Å². The monoisotopic (exact) mass is 401 g/mol. The van der Waals surface area contributed by atoms with E-state index in [-0.39, 0.29) is 24.3 Å². The van der Waals surface area contributed by atoms with Crippen molar-refractivity contribution in [3.05, 3.63) is 83.9 Å². The van der Waals surface area contributed by atoms with Crippen LogP contribution in [0.3, 0.4) is 0 Å². The van der Waals surface area contributed by atoms with Gasteiger partial charge in [0.15, 0.2) is 0 Å². The van der Waals surface area contributed by atoms with Crippen LogP contribution in [-0.4, -0.2) is 45.3 Å². The molecule has 30 heavy (non-hydrogen) atoms. The van der Waals surface area contributed by atoms with Crippen LogP contribution >= 0.6 is 0 Å². The van der Waals surface area contributed by atoms with E-state index in [1.807, 2.05) is 22.9 Å². The van der Waals surface area contributed by atoms with Crippen LogP contribution in [-0.2, 0) is 11.3 Å². The first-order valence-electron chi connectivity index (χ1n) is 9.70. The van der Waals surface area contributed by atoms with E-state index in [9.17, 15) is 14.4 Å². The molecule has 0 spiro atoms. The number of hydrogen-bond acceptors (Lipinski definition) is 4. The fourth-order valence-electron chi connectivity index (χ4n) is 4.09. The third kappa shape index (κ3) is 2.85. The van der Waals surface area contributed by atoms with E-state index in [1.54, 1.807) is 53.8 Å². The largest absolute Gasteiger partial charge is 0.353 e. The molecule has 0 saturated carbocycles. The molecule has 8 heteroatoms. The molecule has 3 aromatic rings. The quantitative estimate of drug-likeness (QED) is 0.706. The molecule has 150 valence electrons. The van der Waals surface area contributed by atoms with Crippen molar-refractivity contribution >= 4 is 23.4 Å². The molecule has 0 saturated heterocycles. The summed E-state index contributed by atoms with van der Waals surface area (Å²) in [4.78, 5) is 46.1. The number of anilines is 1. The first-order chi connectivity index (χ1) is 14.6. The Hall–Kier alpha value is -3.94. The highest BCUT2D eigenvalue weighted by Gasteiger charge is 2.47. The van der Waals surface area contributed by atoms with Crippen molar-refractivity contribution in [2.45, 2.75) is 12.7 Å². The minimum atomic E-state index is -0.629. The minimum Gasteiger partial charge on any atom is -0.353 e. The number of amides is 3. The summed E-state index contributed by atoms with van der Waals surface area (Å²) in [6.07, 6.45) is 4.54. The molecule has 2 aliphatic rings. The zero-order valence-electron chi connectivity index (χ0n) is 16.1. The Kier molecular flexibility index (Phi) is 4.31. The maximum absolute atomic E-state index is 13.3. The summed E-state index contributed by atoms with van der Waals surface area (Å²) < 4.78 is 1.86. The second kappa shape index (κ2) is 7.14. The van der Waals surface area contributed by atoms with E-state index in [1.165, 1.54) is 4.90 Å². The number of fused-ring (bicyclic) bond motifs is 5. The summed E-state index contributed by atoms with van der Waals surface area (Å²) in [6, 6.07) is 14.3. The zero-order valence-corrected chi connectivity index (χ0v) is 16.1. The Morgan fingerprint density at radius 3 is 2.57 bits per heavy atom. The van der Waals surface area contributed by atoms with Crippen molar-refractivity contribution in [1.29, 1.82) is 0 Å². The fourth-order valence-corrected chi connectivity index (χ4v) is 4.09. The molecule has 1 N–H and O–H groups in total. The number of nitrogens with one attached hydrogen (secondary N) is 1. The van der Waals surface area contributed by atoms with Crippen molar-refractivity contribution < 1.29 is 14.4 Å². The van der Waals surface area contributed by atoms with Gasteiger partial charge in [-0.3, -0.25) is 19.3 Å². The molecule has 3 heterocycles. The number of aromatic nitrogens is 2. The Balaban J connectivity index is 1.43. The van der Waals surface area contributed by atoms with Gasteiger partial charge in [0.1, 0.15) is 12.7 Å². The summed E-state index contributed by atoms with van der Waals surface area (Å²) in [6.45, 7) is 0.858. The molecule has 0 fully saturated rings. The number of imidazole rings is 1. The Labute approximate surface area is 172 Å². The summed E-state index contributed by atoms with van der Waals surface area (Å²) in [7, 11) is 0. The molecule has 1 atom stereocenters. The fraction of sp³-hybridized carbons (Fsp3) is 0.182. The maximum atomic E-state index is 13.3. The second-order valence-corrected chi connectivity index (χ2v) is 7.24. The molecule has 1 aromatic heterocycles. The van der Waals surface area contributed by atoms with Gasteiger partial charge in [-0.1, -0.05) is 30.3 Å². The normalized spacial score (nSPS) is 16.9. The molecule has 0 aliphatic carbocycles. The van der Waals surface area contributed by atoms with Crippen LogP contribution in [0.1, 0.15) is 32.4 Å². The van der Waals surface area contributed by atoms with Gasteiger partial charge in [0, 0.05) is 36.6 Å². The lowest BCUT2D eigenvalue weighted by Crippen LogP contribution is -2.51. The van der Waals surface area contributed by atoms with Gasteiger partial charge in [0.2, 0.25) is 5.91 Å². The summed E-state index contributed by atoms with van der Waals surface area (Å²) in [5, 5.41) is 2.84. The number of benzene rings is 2. The smallest absolute Gasteiger partial charge is 0.260 e. The second-order valence-electron chi connectivity index (χ2n) is 7.24. The van der Waals surface area contributed by atoms with E-state index in [4.69, 9.17) is 0 Å². The van der Waals surface area contributed by atoms with E-state index >= 15 is 0 Å². The number of nitrogens with zero attached hydrogens (tertiary/aromatic N) is 4. The summed E-state index contributed by atoms with van der Waals surface area (Å²) in [5.41, 5.74) is 2.28. The van der Waals surface area contributed by atoms with Gasteiger partial charge in [0.25, 0.3) is 11.8 Å². The van der Waals surface area contributed by atoms with E-state index < -0.39 is 6.17 Å². The molecule has 8 nitrogen and oxygen atoms in total. The molecule has 0 unspecified atom stereocenters. The highest BCUT2D eigenvalue weighted by molar-refractivity contribution is 6.17. The summed E-state index contributed by atoms with van der Waals surface area (Å²) in [5.74, 6) is -0.707. The van der Waals surface area contributed by atoms with Crippen molar-refractivity contribution in [1.82, 2.24) is 19.8 Å². The van der Waals surface area contributed by atoms with Crippen molar-refractivity contribution in [2.75, 3.05) is 18.0 Å². The SMILES string of the molecule is O=C(CN1C(=O)c2ccccc2N2C(=O)c3ccccc3[C@@H]12)NCCn1ccnc1. The molecule has 0 radical (unpaired) electrons. The van der Waals surface area contributed by atoms with Crippen LogP contribution in [0.25, 0.3) is 0 Å². The number of carbonyl (C=O) groups is 3. The third-order valence-corrected chi connectivity index (χ3v) is 5.45. The molecule has 5 rings (SSSR count). The van der Waals surface area contributed by atoms with Crippen molar-refractivity contribution in [2.24, 2.45) is 0 Å². The van der Waals surface area contributed by atoms with Crippen LogP contribution in [0.15, 0.2) is 67.3 Å². The number of carbonyl (C=O) groups excluding carboxylic acids is 3. The lowest BCUT2D eigenvalue weighted by atomic mass is 10.0. The Morgan fingerprint density at radius 1 is 1.00 bits per heavy atom. The predicted molar refractivity (Wildman–Crippen MR) is 109 cm³/mol. The maximum Gasteiger partial charge on any atom is 0.260 e. The van der Waals surface area contributed by atoms with Crippen molar-refractivity contribution in [3.8, 4) is 0 Å². The standard InChI is InChI=1S/C22H19N5O3/c28-19(24-10-12-25-11-9-23-14-25)13-26-20-15-5-1-2-6-16(15)22(30)27(20)18-8-4-3-7-17(18)21(26)29/h1-9,11,14,20H,10,12-13H2,(H,24,28)/t20-/m0/s1. The van der Waals surface area contributed by atoms with Crippen LogP contribution < -0.4 is 10.2 Å². The van der Waals surface area contributed by atoms with Gasteiger partial charge in [-0.15, -0.1) is 0 Å². The van der Waals surface area contributed by atoms with Crippen LogP contribution in [0.5, 0.6) is 0 Å². The average Bonchev–Trinajstić information content (AvgIpc) is 3.38. The van der Waals surface area contributed by atoms with Gasteiger partial charge in [-0.2, -0.15) is 0 Å². The van der Waals surface area contributed by atoms with E-state index in [0.717, 1.165) is 5.56 Å². The first-order valence-corrected chi connectivity index (χ1v) is 9.70. The Bertz CT molecular complexity index is 1140. The van der Waals surface area contributed by atoms with E-state index in [0.29, 0.717) is 29.9 Å². The van der Waals surface area contributed by atoms with Gasteiger partial charge in [-0.25, -0.2) is 4.98 Å². The van der Waals surface area contributed by atoms with E-state index in [2.05, 4.69) is 10.3 Å². The van der Waals surface area contributed by atoms with Crippen LogP contribution in [0, 0.1) is 0 Å².